The molecule has 0 bridgehead atoms. The number of H-pyrrole nitrogens is 1. The molecule has 0 aromatic carbocycles. The Morgan fingerprint density at radius 2 is 1.84 bits per heavy atom. The van der Waals surface area contributed by atoms with Gasteiger partial charge in [-0.3, -0.25) is 0 Å². The van der Waals surface area contributed by atoms with Crippen molar-refractivity contribution in [2.24, 2.45) is 0 Å². The Labute approximate surface area is 111 Å². The lowest BCUT2D eigenvalue weighted by atomic mass is 10.4. The maximum absolute atomic E-state index is 10.9. The Hall–Kier alpha value is -2.37. The molecule has 19 heavy (non-hydrogen) atoms. The van der Waals surface area contributed by atoms with E-state index in [-0.39, 0.29) is 13.2 Å². The number of aromatic nitrogens is 2. The standard InChI is InChI=1S/C13H16N2O4/c1-3-12(16)18-9-5-11-14-6-7-15(11)8-10-19-13(17)4-2/h3-4,6-7H,1-2,5,8-10H2/p+1. The first kappa shape index (κ1) is 14.7. The number of nitrogens with zero attached hydrogens (tertiary/aromatic N) is 1. The number of ether oxygens (including phenoxy) is 2. The minimum atomic E-state index is -0.447. The number of esters is 2. The number of hydrogen-bond acceptors (Lipinski definition) is 4. The molecule has 1 N–H and O–H groups in total. The van der Waals surface area contributed by atoms with E-state index < -0.39 is 11.9 Å². The molecule has 102 valence electrons. The summed E-state index contributed by atoms with van der Waals surface area (Å²) in [6.45, 7) is 7.67. The van der Waals surface area contributed by atoms with E-state index in [1.165, 1.54) is 0 Å². The number of nitrogens with one attached hydrogen (secondary N) is 1. The fourth-order valence-corrected chi connectivity index (χ4v) is 1.43. The largest absolute Gasteiger partial charge is 0.462 e. The maximum atomic E-state index is 10.9. The smallest absolute Gasteiger partial charge is 0.330 e. The van der Waals surface area contributed by atoms with E-state index in [0.29, 0.717) is 13.0 Å². The lowest BCUT2D eigenvalue weighted by Crippen LogP contribution is -2.39. The number of aromatic amines is 1. The van der Waals surface area contributed by atoms with Gasteiger partial charge in [0.25, 0.3) is 5.82 Å². The zero-order valence-corrected chi connectivity index (χ0v) is 10.6. The second-order valence-electron chi connectivity index (χ2n) is 3.59. The van der Waals surface area contributed by atoms with Crippen LogP contribution in [0.1, 0.15) is 5.82 Å². The fourth-order valence-electron chi connectivity index (χ4n) is 1.43. The van der Waals surface area contributed by atoms with Crippen LogP contribution in [0.5, 0.6) is 0 Å². The van der Waals surface area contributed by atoms with Crippen molar-refractivity contribution in [1.29, 1.82) is 0 Å². The molecule has 0 aliphatic carbocycles. The minimum absolute atomic E-state index is 0.257. The van der Waals surface area contributed by atoms with E-state index in [1.54, 1.807) is 6.20 Å². The molecule has 1 aromatic heterocycles. The molecular formula is C13H17N2O4+. The van der Waals surface area contributed by atoms with E-state index in [1.807, 2.05) is 10.8 Å². The molecule has 1 aromatic rings. The van der Waals surface area contributed by atoms with E-state index in [2.05, 4.69) is 18.1 Å². The third kappa shape index (κ3) is 5.20. The molecule has 0 fully saturated rings. The quantitative estimate of drug-likeness (QED) is 0.417. The van der Waals surface area contributed by atoms with E-state index in [9.17, 15) is 9.59 Å². The van der Waals surface area contributed by atoms with Crippen LogP contribution in [0.15, 0.2) is 37.7 Å². The lowest BCUT2D eigenvalue weighted by Gasteiger charge is -2.02. The van der Waals surface area contributed by atoms with E-state index in [0.717, 1.165) is 18.0 Å². The van der Waals surface area contributed by atoms with Crippen molar-refractivity contribution in [2.45, 2.75) is 13.0 Å². The summed E-state index contributed by atoms with van der Waals surface area (Å²) in [4.78, 5) is 24.8. The maximum Gasteiger partial charge on any atom is 0.330 e. The van der Waals surface area contributed by atoms with Crippen molar-refractivity contribution >= 4 is 11.9 Å². The number of carbonyl (C=O) groups excluding carboxylic acids is 2. The van der Waals surface area contributed by atoms with Crippen molar-refractivity contribution < 1.29 is 23.6 Å². The summed E-state index contributed by atoms with van der Waals surface area (Å²) in [6, 6.07) is 0. The molecule has 0 radical (unpaired) electrons. The molecule has 0 amide bonds. The average molecular weight is 265 g/mol. The molecule has 0 aliphatic heterocycles. The van der Waals surface area contributed by atoms with Gasteiger partial charge in [-0.2, -0.15) is 0 Å². The normalized spacial score (nSPS) is 9.68. The molecule has 6 heteroatoms. The van der Waals surface area contributed by atoms with Gasteiger partial charge in [-0.05, 0) is 0 Å². The molecule has 0 aliphatic rings. The summed E-state index contributed by atoms with van der Waals surface area (Å²) >= 11 is 0. The number of carbonyl (C=O) groups is 2. The van der Waals surface area contributed by atoms with Gasteiger partial charge in [-0.15, -0.1) is 0 Å². The highest BCUT2D eigenvalue weighted by Gasteiger charge is 2.11. The lowest BCUT2D eigenvalue weighted by molar-refractivity contribution is -0.703. The van der Waals surface area contributed by atoms with Gasteiger partial charge in [0, 0.05) is 12.2 Å². The fraction of sp³-hybridized carbons (Fsp3) is 0.308. The van der Waals surface area contributed by atoms with Crippen molar-refractivity contribution in [3.63, 3.8) is 0 Å². The first-order chi connectivity index (χ1) is 9.17. The predicted octanol–water partition coefficient (Wildman–Crippen LogP) is 0.303. The van der Waals surface area contributed by atoms with Crippen LogP contribution in [0, 0.1) is 0 Å². The van der Waals surface area contributed by atoms with Gasteiger partial charge >= 0.3 is 11.9 Å². The van der Waals surface area contributed by atoms with Gasteiger partial charge in [0.15, 0.2) is 0 Å². The van der Waals surface area contributed by atoms with Crippen LogP contribution in [0.3, 0.4) is 0 Å². The summed E-state index contributed by atoms with van der Waals surface area (Å²) in [5.41, 5.74) is 0. The topological polar surface area (TPSA) is 72.3 Å². The number of imidazole rings is 1. The summed E-state index contributed by atoms with van der Waals surface area (Å²) in [5, 5.41) is 0. The van der Waals surface area contributed by atoms with Crippen LogP contribution in [0.2, 0.25) is 0 Å². The predicted molar refractivity (Wildman–Crippen MR) is 67.0 cm³/mol. The van der Waals surface area contributed by atoms with Gasteiger partial charge < -0.3 is 9.47 Å². The molecule has 1 rings (SSSR count). The zero-order valence-electron chi connectivity index (χ0n) is 10.6. The minimum Gasteiger partial charge on any atom is -0.462 e. The van der Waals surface area contributed by atoms with Crippen LogP contribution in [0.4, 0.5) is 0 Å². The molecule has 1 heterocycles. The zero-order chi connectivity index (χ0) is 14.1. The van der Waals surface area contributed by atoms with Gasteiger partial charge in [-0.25, -0.2) is 19.1 Å². The van der Waals surface area contributed by atoms with Gasteiger partial charge in [0.2, 0.25) is 0 Å². The van der Waals surface area contributed by atoms with Gasteiger partial charge in [0.05, 0.1) is 6.42 Å². The number of rotatable bonds is 8. The van der Waals surface area contributed by atoms with Gasteiger partial charge in [-0.1, -0.05) is 13.2 Å². The Morgan fingerprint density at radius 3 is 2.47 bits per heavy atom. The Balaban J connectivity index is 2.37. The summed E-state index contributed by atoms with van der Waals surface area (Å²) in [7, 11) is 0. The third-order valence-corrected chi connectivity index (χ3v) is 2.34. The Morgan fingerprint density at radius 1 is 1.21 bits per heavy atom. The monoisotopic (exact) mass is 265 g/mol. The van der Waals surface area contributed by atoms with Crippen molar-refractivity contribution in [1.82, 2.24) is 4.98 Å². The van der Waals surface area contributed by atoms with Crippen LogP contribution >= 0.6 is 0 Å². The van der Waals surface area contributed by atoms with Crippen molar-refractivity contribution in [3.05, 3.63) is 43.5 Å². The van der Waals surface area contributed by atoms with Crippen molar-refractivity contribution in [3.8, 4) is 0 Å². The second-order valence-corrected chi connectivity index (χ2v) is 3.59. The first-order valence-corrected chi connectivity index (χ1v) is 5.81. The third-order valence-electron chi connectivity index (χ3n) is 2.34. The average Bonchev–Trinajstić information content (AvgIpc) is 2.86. The van der Waals surface area contributed by atoms with Crippen LogP contribution in [0.25, 0.3) is 0 Å². The summed E-state index contributed by atoms with van der Waals surface area (Å²) < 4.78 is 11.7. The van der Waals surface area contributed by atoms with Crippen LogP contribution in [-0.2, 0) is 32.0 Å². The summed E-state index contributed by atoms with van der Waals surface area (Å²) in [5.74, 6) is -0.0119. The molecule has 0 unspecified atom stereocenters. The van der Waals surface area contributed by atoms with Crippen LogP contribution < -0.4 is 4.57 Å². The number of hydrogen-bond donors (Lipinski definition) is 1. The second kappa shape index (κ2) is 7.86. The Kier molecular flexibility index (Phi) is 6.08. The van der Waals surface area contributed by atoms with Crippen molar-refractivity contribution in [2.75, 3.05) is 13.2 Å². The molecule has 0 saturated carbocycles. The first-order valence-electron chi connectivity index (χ1n) is 5.81. The molecule has 0 spiro atoms. The summed E-state index contributed by atoms with van der Waals surface area (Å²) in [6.07, 6.45) is 6.38. The molecule has 0 saturated heterocycles. The SMILES string of the molecule is C=CC(=O)OCCc1[nH]cc[n+]1CCOC(=O)C=C. The highest BCUT2D eigenvalue weighted by atomic mass is 16.5. The Bertz CT molecular complexity index is 424. The molecular weight excluding hydrogens is 248 g/mol. The van der Waals surface area contributed by atoms with Crippen LogP contribution in [-0.4, -0.2) is 30.1 Å². The molecule has 6 nitrogen and oxygen atoms in total. The van der Waals surface area contributed by atoms with E-state index in [4.69, 9.17) is 9.47 Å². The molecule has 0 atom stereocenters. The highest BCUT2D eigenvalue weighted by Crippen LogP contribution is 1.91. The van der Waals surface area contributed by atoms with E-state index >= 15 is 0 Å². The highest BCUT2D eigenvalue weighted by molar-refractivity contribution is 5.81. The van der Waals surface area contributed by atoms with Gasteiger partial charge in [0.1, 0.15) is 32.2 Å².